The van der Waals surface area contributed by atoms with Crippen LogP contribution in [-0.4, -0.2) is 29.4 Å². The number of carboxylic acids is 1. The van der Waals surface area contributed by atoms with Crippen molar-refractivity contribution < 1.29 is 19.7 Å². The SMILES string of the molecule is O=C(O)[C@@H]1C(CO)CCCC1c1ccc2c(c1)OCC2. The summed E-state index contributed by atoms with van der Waals surface area (Å²) in [7, 11) is 0. The molecule has 1 aromatic rings. The van der Waals surface area contributed by atoms with Crippen LogP contribution in [0.2, 0.25) is 0 Å². The van der Waals surface area contributed by atoms with Crippen LogP contribution in [0.15, 0.2) is 18.2 Å². The zero-order valence-corrected chi connectivity index (χ0v) is 11.4. The molecular formula is C16H20O4. The molecule has 2 aliphatic rings. The van der Waals surface area contributed by atoms with Crippen molar-refractivity contribution in [2.24, 2.45) is 11.8 Å². The summed E-state index contributed by atoms with van der Waals surface area (Å²) in [5, 5.41) is 19.0. The van der Waals surface area contributed by atoms with Crippen LogP contribution in [0.4, 0.5) is 0 Å². The number of ether oxygens (including phenoxy) is 1. The summed E-state index contributed by atoms with van der Waals surface area (Å²) >= 11 is 0. The fourth-order valence-electron chi connectivity index (χ4n) is 3.65. The molecule has 0 bridgehead atoms. The van der Waals surface area contributed by atoms with Gasteiger partial charge < -0.3 is 14.9 Å². The first-order valence-electron chi connectivity index (χ1n) is 7.30. The molecule has 1 aromatic carbocycles. The minimum atomic E-state index is -0.796. The van der Waals surface area contributed by atoms with E-state index < -0.39 is 11.9 Å². The van der Waals surface area contributed by atoms with Gasteiger partial charge in [0.1, 0.15) is 5.75 Å². The van der Waals surface area contributed by atoms with Crippen molar-refractivity contribution in [3.63, 3.8) is 0 Å². The number of hydrogen-bond acceptors (Lipinski definition) is 3. The Morgan fingerprint density at radius 1 is 1.35 bits per heavy atom. The van der Waals surface area contributed by atoms with Gasteiger partial charge in [-0.05, 0) is 41.9 Å². The van der Waals surface area contributed by atoms with Gasteiger partial charge in [-0.2, -0.15) is 0 Å². The molecule has 1 fully saturated rings. The van der Waals surface area contributed by atoms with Gasteiger partial charge in [0.25, 0.3) is 0 Å². The highest BCUT2D eigenvalue weighted by Gasteiger charge is 2.39. The predicted molar refractivity (Wildman–Crippen MR) is 73.9 cm³/mol. The monoisotopic (exact) mass is 276 g/mol. The molecule has 4 nitrogen and oxygen atoms in total. The van der Waals surface area contributed by atoms with E-state index in [1.54, 1.807) is 0 Å². The average Bonchev–Trinajstić information content (AvgIpc) is 2.93. The minimum absolute atomic E-state index is 0.0205. The van der Waals surface area contributed by atoms with Crippen molar-refractivity contribution in [1.29, 1.82) is 0 Å². The van der Waals surface area contributed by atoms with E-state index in [2.05, 4.69) is 6.07 Å². The number of carbonyl (C=O) groups is 1. The summed E-state index contributed by atoms with van der Waals surface area (Å²) < 4.78 is 5.58. The molecule has 20 heavy (non-hydrogen) atoms. The third-order valence-corrected chi connectivity index (χ3v) is 4.70. The first-order valence-corrected chi connectivity index (χ1v) is 7.30. The smallest absolute Gasteiger partial charge is 0.307 e. The summed E-state index contributed by atoms with van der Waals surface area (Å²) in [5.41, 5.74) is 2.24. The second kappa shape index (κ2) is 5.44. The lowest BCUT2D eigenvalue weighted by Crippen LogP contribution is -2.35. The summed E-state index contributed by atoms with van der Waals surface area (Å²) in [5.74, 6) is -0.547. The van der Waals surface area contributed by atoms with Crippen molar-refractivity contribution in [3.8, 4) is 5.75 Å². The lowest BCUT2D eigenvalue weighted by molar-refractivity contribution is -0.146. The summed E-state index contributed by atoms with van der Waals surface area (Å²) in [4.78, 5) is 11.6. The molecule has 1 saturated carbocycles. The summed E-state index contributed by atoms with van der Waals surface area (Å²) in [6.07, 6.45) is 3.57. The van der Waals surface area contributed by atoms with Gasteiger partial charge >= 0.3 is 5.97 Å². The second-order valence-electron chi connectivity index (χ2n) is 5.81. The molecule has 1 aliphatic heterocycles. The number of aliphatic carboxylic acids is 1. The van der Waals surface area contributed by atoms with Crippen LogP contribution in [0, 0.1) is 11.8 Å². The number of aliphatic hydroxyl groups excluding tert-OH is 1. The molecule has 3 atom stereocenters. The Hall–Kier alpha value is -1.55. The van der Waals surface area contributed by atoms with Gasteiger partial charge in [0.05, 0.1) is 12.5 Å². The molecule has 1 aliphatic carbocycles. The molecule has 0 saturated heterocycles. The molecule has 0 amide bonds. The Kier molecular flexibility index (Phi) is 3.66. The van der Waals surface area contributed by atoms with Gasteiger partial charge in [0.2, 0.25) is 0 Å². The third kappa shape index (κ3) is 2.29. The van der Waals surface area contributed by atoms with Crippen LogP contribution < -0.4 is 4.74 Å². The highest BCUT2D eigenvalue weighted by molar-refractivity contribution is 5.72. The molecule has 2 unspecified atom stereocenters. The molecule has 2 N–H and O–H groups in total. The van der Waals surface area contributed by atoms with E-state index in [-0.39, 0.29) is 18.4 Å². The molecule has 4 heteroatoms. The van der Waals surface area contributed by atoms with Crippen molar-refractivity contribution in [2.75, 3.05) is 13.2 Å². The normalized spacial score (nSPS) is 28.8. The number of benzene rings is 1. The molecule has 0 aromatic heterocycles. The van der Waals surface area contributed by atoms with E-state index in [0.717, 1.165) is 37.0 Å². The molecule has 1 heterocycles. The van der Waals surface area contributed by atoms with E-state index in [1.807, 2.05) is 12.1 Å². The maximum Gasteiger partial charge on any atom is 0.307 e. The lowest BCUT2D eigenvalue weighted by Gasteiger charge is -2.35. The van der Waals surface area contributed by atoms with Crippen molar-refractivity contribution in [3.05, 3.63) is 29.3 Å². The maximum atomic E-state index is 11.6. The Morgan fingerprint density at radius 3 is 2.95 bits per heavy atom. The standard InChI is InChI=1S/C16H20O4/c17-9-12-2-1-3-13(15(12)16(18)19)11-5-4-10-6-7-20-14(10)8-11/h4-5,8,12-13,15,17H,1-3,6-7,9H2,(H,18,19)/t12?,13?,15-/m1/s1. The third-order valence-electron chi connectivity index (χ3n) is 4.70. The van der Waals surface area contributed by atoms with E-state index in [0.29, 0.717) is 6.61 Å². The zero-order chi connectivity index (χ0) is 14.1. The van der Waals surface area contributed by atoms with Crippen LogP contribution >= 0.6 is 0 Å². The van der Waals surface area contributed by atoms with Crippen LogP contribution in [-0.2, 0) is 11.2 Å². The van der Waals surface area contributed by atoms with Crippen molar-refractivity contribution in [2.45, 2.75) is 31.6 Å². The molecule has 0 radical (unpaired) electrons. The largest absolute Gasteiger partial charge is 0.493 e. The van der Waals surface area contributed by atoms with E-state index in [4.69, 9.17) is 4.74 Å². The van der Waals surface area contributed by atoms with Crippen molar-refractivity contribution in [1.82, 2.24) is 0 Å². The average molecular weight is 276 g/mol. The van der Waals surface area contributed by atoms with Crippen LogP contribution in [0.3, 0.4) is 0 Å². The van der Waals surface area contributed by atoms with Gasteiger partial charge in [-0.15, -0.1) is 0 Å². The van der Waals surface area contributed by atoms with Gasteiger partial charge in [-0.25, -0.2) is 0 Å². The summed E-state index contributed by atoms with van der Waals surface area (Å²) in [6, 6.07) is 6.09. The van der Waals surface area contributed by atoms with E-state index in [1.165, 1.54) is 5.56 Å². The number of carboxylic acid groups (broad SMARTS) is 1. The quantitative estimate of drug-likeness (QED) is 0.888. The van der Waals surface area contributed by atoms with E-state index >= 15 is 0 Å². The molecule has 108 valence electrons. The minimum Gasteiger partial charge on any atom is -0.493 e. The summed E-state index contributed by atoms with van der Waals surface area (Å²) in [6.45, 7) is 0.667. The zero-order valence-electron chi connectivity index (χ0n) is 11.4. The number of aliphatic hydroxyl groups is 1. The van der Waals surface area contributed by atoms with Gasteiger partial charge in [-0.1, -0.05) is 18.6 Å². The lowest BCUT2D eigenvalue weighted by atomic mass is 9.69. The van der Waals surface area contributed by atoms with Crippen LogP contribution in [0.1, 0.15) is 36.3 Å². The number of fused-ring (bicyclic) bond motifs is 1. The fraction of sp³-hybridized carbons (Fsp3) is 0.562. The Bertz CT molecular complexity index is 511. The highest BCUT2D eigenvalue weighted by atomic mass is 16.5. The van der Waals surface area contributed by atoms with E-state index in [9.17, 15) is 15.0 Å². The second-order valence-corrected chi connectivity index (χ2v) is 5.81. The van der Waals surface area contributed by atoms with Crippen LogP contribution in [0.5, 0.6) is 5.75 Å². The van der Waals surface area contributed by atoms with Crippen molar-refractivity contribution >= 4 is 5.97 Å². The Balaban J connectivity index is 1.92. The molecule has 3 rings (SSSR count). The first kappa shape index (κ1) is 13.4. The topological polar surface area (TPSA) is 66.8 Å². The maximum absolute atomic E-state index is 11.6. The Labute approximate surface area is 118 Å². The van der Waals surface area contributed by atoms with Gasteiger partial charge in [-0.3, -0.25) is 4.79 Å². The number of rotatable bonds is 3. The predicted octanol–water partition coefficient (Wildman–Crippen LogP) is 2.20. The Morgan fingerprint density at radius 2 is 2.20 bits per heavy atom. The van der Waals surface area contributed by atoms with Gasteiger partial charge in [0.15, 0.2) is 0 Å². The molecular weight excluding hydrogens is 256 g/mol. The molecule has 0 spiro atoms. The van der Waals surface area contributed by atoms with Crippen LogP contribution in [0.25, 0.3) is 0 Å². The highest BCUT2D eigenvalue weighted by Crippen LogP contribution is 2.43. The first-order chi connectivity index (χ1) is 9.70. The fourth-order valence-corrected chi connectivity index (χ4v) is 3.65. The van der Waals surface area contributed by atoms with Gasteiger partial charge in [0, 0.05) is 13.0 Å². The number of hydrogen-bond donors (Lipinski definition) is 2.